The highest BCUT2D eigenvalue weighted by Gasteiger charge is 2.28. The Morgan fingerprint density at radius 3 is 2.25 bits per heavy atom. The molecule has 0 aromatic heterocycles. The fourth-order valence-corrected chi connectivity index (χ4v) is 3.62. The highest BCUT2D eigenvalue weighted by Crippen LogP contribution is 2.23. The number of ether oxygens (including phenoxy) is 1. The Hall–Kier alpha value is -2.52. The summed E-state index contributed by atoms with van der Waals surface area (Å²) in [7, 11) is -4.47. The molecule has 9 heteroatoms. The average molecular weight is 413 g/mol. The molecule has 0 saturated carbocycles. The number of esters is 1. The molecule has 1 N–H and O–H groups in total. The van der Waals surface area contributed by atoms with Crippen LogP contribution < -0.4 is 8.91 Å². The van der Waals surface area contributed by atoms with Crippen LogP contribution in [0.25, 0.3) is 0 Å². The van der Waals surface area contributed by atoms with E-state index in [9.17, 15) is 22.0 Å². The Morgan fingerprint density at radius 1 is 1.04 bits per heavy atom. The van der Waals surface area contributed by atoms with Crippen molar-refractivity contribution in [3.05, 3.63) is 65.7 Å². The van der Waals surface area contributed by atoms with Gasteiger partial charge in [0, 0.05) is 5.54 Å². The molecule has 28 heavy (non-hydrogen) atoms. The van der Waals surface area contributed by atoms with Gasteiger partial charge in [0.05, 0.1) is 12.2 Å². The molecule has 0 aliphatic rings. The lowest BCUT2D eigenvalue weighted by molar-refractivity contribution is 0.0491. The number of hydrogen-bond donors (Lipinski definition) is 1. The van der Waals surface area contributed by atoms with Gasteiger partial charge in [0.1, 0.15) is 0 Å². The minimum Gasteiger partial charge on any atom is -0.462 e. The number of hydrogen-bond acceptors (Lipinski definition) is 5. The van der Waals surface area contributed by atoms with Gasteiger partial charge in [-0.1, -0.05) is 24.3 Å². The van der Waals surface area contributed by atoms with Crippen LogP contribution in [-0.4, -0.2) is 26.5 Å². The summed E-state index contributed by atoms with van der Waals surface area (Å²) < 4.78 is 63.2. The molecule has 0 aliphatic heterocycles. The van der Waals surface area contributed by atoms with E-state index in [1.165, 1.54) is 0 Å². The Labute approximate surface area is 162 Å². The smallest absolute Gasteiger partial charge is 0.383 e. The van der Waals surface area contributed by atoms with E-state index < -0.39 is 39.2 Å². The molecular weight excluding hydrogens is 392 g/mol. The standard InChI is InChI=1S/C19H21F2NO5S/c1-19(2,12-7-13-26-18(23)14-8-4-3-5-9-14)22-28(24,25)27-17-15(20)10-6-11-16(17)21/h3-6,8-11,22H,7,12-13H2,1-2H3. The molecule has 0 bridgehead atoms. The summed E-state index contributed by atoms with van der Waals surface area (Å²) in [5.74, 6) is -3.73. The van der Waals surface area contributed by atoms with Gasteiger partial charge in [0.2, 0.25) is 5.75 Å². The van der Waals surface area contributed by atoms with E-state index in [4.69, 9.17) is 4.74 Å². The molecule has 0 fully saturated rings. The maximum Gasteiger partial charge on any atom is 0.383 e. The lowest BCUT2D eigenvalue weighted by atomic mass is 10.0. The topological polar surface area (TPSA) is 81.7 Å². The zero-order valence-corrected chi connectivity index (χ0v) is 16.3. The first kappa shape index (κ1) is 21.8. The minimum atomic E-state index is -4.47. The van der Waals surface area contributed by atoms with Crippen molar-refractivity contribution in [3.63, 3.8) is 0 Å². The third kappa shape index (κ3) is 6.58. The van der Waals surface area contributed by atoms with Crippen molar-refractivity contribution < 1.29 is 30.9 Å². The van der Waals surface area contributed by atoms with Crippen molar-refractivity contribution in [2.24, 2.45) is 0 Å². The van der Waals surface area contributed by atoms with E-state index in [1.807, 2.05) is 0 Å². The second kappa shape index (κ2) is 9.11. The van der Waals surface area contributed by atoms with Gasteiger partial charge >= 0.3 is 16.3 Å². The average Bonchev–Trinajstić information content (AvgIpc) is 2.62. The van der Waals surface area contributed by atoms with Crippen molar-refractivity contribution in [2.75, 3.05) is 6.61 Å². The Kier molecular flexibility index (Phi) is 7.09. The second-order valence-corrected chi connectivity index (χ2v) is 7.96. The number of nitrogens with one attached hydrogen (secondary N) is 1. The molecule has 0 aliphatic carbocycles. The third-order valence-corrected chi connectivity index (χ3v) is 4.89. The molecule has 0 saturated heterocycles. The first-order valence-corrected chi connectivity index (χ1v) is 9.90. The fraction of sp³-hybridized carbons (Fsp3) is 0.316. The van der Waals surface area contributed by atoms with Gasteiger partial charge in [-0.05, 0) is 51.0 Å². The van der Waals surface area contributed by atoms with E-state index in [0.717, 1.165) is 18.2 Å². The monoisotopic (exact) mass is 413 g/mol. The lowest BCUT2D eigenvalue weighted by Gasteiger charge is -2.25. The van der Waals surface area contributed by atoms with Gasteiger partial charge in [0.15, 0.2) is 11.6 Å². The Balaban J connectivity index is 1.86. The summed E-state index contributed by atoms with van der Waals surface area (Å²) in [5.41, 5.74) is -0.581. The third-order valence-electron chi connectivity index (χ3n) is 3.70. The van der Waals surface area contributed by atoms with Gasteiger partial charge < -0.3 is 8.92 Å². The first-order chi connectivity index (χ1) is 13.1. The fourth-order valence-electron chi connectivity index (χ4n) is 2.42. The van der Waals surface area contributed by atoms with E-state index in [-0.39, 0.29) is 13.0 Å². The van der Waals surface area contributed by atoms with E-state index >= 15 is 0 Å². The maximum absolute atomic E-state index is 13.6. The number of carbonyl (C=O) groups is 1. The Morgan fingerprint density at radius 2 is 1.64 bits per heavy atom. The molecule has 0 amide bonds. The van der Waals surface area contributed by atoms with Crippen molar-refractivity contribution in [2.45, 2.75) is 32.2 Å². The Bertz CT molecular complexity index is 897. The van der Waals surface area contributed by atoms with Crippen molar-refractivity contribution in [1.82, 2.24) is 4.72 Å². The zero-order chi connectivity index (χ0) is 20.8. The van der Waals surface area contributed by atoms with Crippen molar-refractivity contribution in [3.8, 4) is 5.75 Å². The van der Waals surface area contributed by atoms with Crippen LogP contribution in [0.2, 0.25) is 0 Å². The summed E-state index contributed by atoms with van der Waals surface area (Å²) in [5, 5.41) is 0. The van der Waals surface area contributed by atoms with E-state index in [2.05, 4.69) is 8.91 Å². The molecule has 0 heterocycles. The molecule has 2 aromatic rings. The van der Waals surface area contributed by atoms with Crippen molar-refractivity contribution >= 4 is 16.3 Å². The highest BCUT2D eigenvalue weighted by atomic mass is 32.2. The number of rotatable bonds is 9. The zero-order valence-electron chi connectivity index (χ0n) is 15.4. The van der Waals surface area contributed by atoms with Crippen LogP contribution in [0, 0.1) is 11.6 Å². The van der Waals surface area contributed by atoms with Crippen LogP contribution in [0.5, 0.6) is 5.75 Å². The summed E-state index contributed by atoms with van der Waals surface area (Å²) in [6.45, 7) is 3.23. The number of carbonyl (C=O) groups excluding carboxylic acids is 1. The van der Waals surface area contributed by atoms with Crippen LogP contribution in [0.3, 0.4) is 0 Å². The summed E-state index contributed by atoms with van der Waals surface area (Å²) >= 11 is 0. The quantitative estimate of drug-likeness (QED) is 0.502. The van der Waals surface area contributed by atoms with Crippen molar-refractivity contribution in [1.29, 1.82) is 0 Å². The lowest BCUT2D eigenvalue weighted by Crippen LogP contribution is -2.45. The summed E-state index contributed by atoms with van der Waals surface area (Å²) in [6.07, 6.45) is 0.652. The van der Waals surface area contributed by atoms with Crippen LogP contribution in [0.15, 0.2) is 48.5 Å². The summed E-state index contributed by atoms with van der Waals surface area (Å²) in [6, 6.07) is 11.3. The number of benzene rings is 2. The molecule has 152 valence electrons. The minimum absolute atomic E-state index is 0.0850. The number of para-hydroxylation sites is 1. The normalized spacial score (nSPS) is 11.9. The van der Waals surface area contributed by atoms with Crippen LogP contribution in [0.1, 0.15) is 37.0 Å². The predicted molar refractivity (Wildman–Crippen MR) is 99.1 cm³/mol. The molecule has 2 aromatic carbocycles. The predicted octanol–water partition coefficient (Wildman–Crippen LogP) is 3.59. The molecule has 0 spiro atoms. The second-order valence-electron chi connectivity index (χ2n) is 6.68. The highest BCUT2D eigenvalue weighted by molar-refractivity contribution is 7.85. The largest absolute Gasteiger partial charge is 0.462 e. The molecule has 0 atom stereocenters. The van der Waals surface area contributed by atoms with E-state index in [1.54, 1.807) is 44.2 Å². The van der Waals surface area contributed by atoms with Gasteiger partial charge in [0.25, 0.3) is 0 Å². The van der Waals surface area contributed by atoms with Gasteiger partial charge in [-0.15, -0.1) is 0 Å². The van der Waals surface area contributed by atoms with Gasteiger partial charge in [-0.3, -0.25) is 0 Å². The van der Waals surface area contributed by atoms with Crippen LogP contribution >= 0.6 is 0 Å². The first-order valence-electron chi connectivity index (χ1n) is 8.49. The van der Waals surface area contributed by atoms with E-state index in [0.29, 0.717) is 12.0 Å². The summed E-state index contributed by atoms with van der Waals surface area (Å²) in [4.78, 5) is 11.8. The van der Waals surface area contributed by atoms with Gasteiger partial charge in [-0.2, -0.15) is 13.1 Å². The SMILES string of the molecule is CC(C)(CCCOC(=O)c1ccccc1)NS(=O)(=O)Oc1c(F)cccc1F. The van der Waals surface area contributed by atoms with Crippen LogP contribution in [-0.2, 0) is 15.0 Å². The molecule has 0 unspecified atom stereocenters. The van der Waals surface area contributed by atoms with Crippen LogP contribution in [0.4, 0.5) is 8.78 Å². The maximum atomic E-state index is 13.6. The molecule has 6 nitrogen and oxygen atoms in total. The molecular formula is C19H21F2NO5S. The van der Waals surface area contributed by atoms with Gasteiger partial charge in [-0.25, -0.2) is 13.6 Å². The molecule has 2 rings (SSSR count). The number of halogens is 2. The molecule has 0 radical (unpaired) electrons.